The van der Waals surface area contributed by atoms with E-state index in [-0.39, 0.29) is 17.4 Å². The number of rotatable bonds is 6. The molecule has 1 aromatic heterocycles. The van der Waals surface area contributed by atoms with E-state index in [1.54, 1.807) is 6.07 Å². The molecule has 0 radical (unpaired) electrons. The summed E-state index contributed by atoms with van der Waals surface area (Å²) in [6, 6.07) is 5.76. The van der Waals surface area contributed by atoms with Crippen LogP contribution in [0.5, 0.6) is 5.75 Å². The smallest absolute Gasteiger partial charge is 0.387 e. The average Bonchev–Trinajstić information content (AvgIpc) is 2.83. The summed E-state index contributed by atoms with van der Waals surface area (Å²) in [5.74, 6) is -1.42. The molecule has 0 fully saturated rings. The van der Waals surface area contributed by atoms with E-state index in [1.165, 1.54) is 18.2 Å². The molecule has 0 aliphatic heterocycles. The van der Waals surface area contributed by atoms with E-state index in [0.29, 0.717) is 24.1 Å². The van der Waals surface area contributed by atoms with Gasteiger partial charge in [0.1, 0.15) is 5.75 Å². The van der Waals surface area contributed by atoms with Crippen LogP contribution in [-0.2, 0) is 6.42 Å². The van der Waals surface area contributed by atoms with Crippen molar-refractivity contribution in [1.82, 2.24) is 4.98 Å². The molecule has 112 valence electrons. The Balaban J connectivity index is 2.37. The molecule has 2 rings (SSSR count). The van der Waals surface area contributed by atoms with E-state index >= 15 is 0 Å². The molecule has 1 aromatic carbocycles. The minimum Gasteiger partial charge on any atom is -0.475 e. The lowest BCUT2D eigenvalue weighted by Gasteiger charge is -2.04. The molecule has 0 amide bonds. The van der Waals surface area contributed by atoms with E-state index in [4.69, 9.17) is 9.52 Å². The summed E-state index contributed by atoms with van der Waals surface area (Å²) in [6.07, 6.45) is 1.17. The molecular formula is C14H13F2NO4. The predicted octanol–water partition coefficient (Wildman–Crippen LogP) is 3.59. The van der Waals surface area contributed by atoms with Gasteiger partial charge in [-0.2, -0.15) is 8.78 Å². The molecule has 2 aromatic rings. The standard InChI is InChI=1S/C14H13F2NO4/c1-2-4-10-11(13(18)19)21-12(17-10)8-5-3-6-9(7-8)20-14(15)16/h3,5-7,14H,2,4H2,1H3,(H,18,19). The number of aromatic nitrogens is 1. The minimum absolute atomic E-state index is 0.0467. The van der Waals surface area contributed by atoms with Gasteiger partial charge < -0.3 is 14.3 Å². The zero-order valence-electron chi connectivity index (χ0n) is 11.2. The Hall–Kier alpha value is -2.44. The van der Waals surface area contributed by atoms with Gasteiger partial charge in [0, 0.05) is 5.56 Å². The summed E-state index contributed by atoms with van der Waals surface area (Å²) in [5, 5.41) is 9.07. The topological polar surface area (TPSA) is 72.6 Å². The van der Waals surface area contributed by atoms with Crippen molar-refractivity contribution in [3.05, 3.63) is 35.7 Å². The molecule has 7 heteroatoms. The Bertz CT molecular complexity index is 640. The number of aryl methyl sites for hydroxylation is 1. The van der Waals surface area contributed by atoms with Crippen LogP contribution >= 0.6 is 0 Å². The number of nitrogens with zero attached hydrogens (tertiary/aromatic N) is 1. The zero-order chi connectivity index (χ0) is 15.4. The number of halogens is 2. The van der Waals surface area contributed by atoms with Gasteiger partial charge in [0.15, 0.2) is 0 Å². The number of carboxylic acids is 1. The second-order valence-electron chi connectivity index (χ2n) is 4.26. The molecule has 0 atom stereocenters. The highest BCUT2D eigenvalue weighted by molar-refractivity contribution is 5.86. The van der Waals surface area contributed by atoms with Crippen molar-refractivity contribution in [3.63, 3.8) is 0 Å². The number of ether oxygens (including phenoxy) is 1. The minimum atomic E-state index is -2.94. The second kappa shape index (κ2) is 6.34. The number of oxazole rings is 1. The predicted molar refractivity (Wildman–Crippen MR) is 69.5 cm³/mol. The molecule has 1 N–H and O–H groups in total. The van der Waals surface area contributed by atoms with Gasteiger partial charge in [0.25, 0.3) is 0 Å². The molecule has 0 unspecified atom stereocenters. The normalized spacial score (nSPS) is 10.9. The Morgan fingerprint density at radius 1 is 1.48 bits per heavy atom. The van der Waals surface area contributed by atoms with Crippen molar-refractivity contribution < 1.29 is 27.8 Å². The molecular weight excluding hydrogens is 284 g/mol. The van der Waals surface area contributed by atoms with Crippen LogP contribution in [-0.4, -0.2) is 22.7 Å². The summed E-state index contributed by atoms with van der Waals surface area (Å²) in [5.41, 5.74) is 0.707. The fourth-order valence-corrected chi connectivity index (χ4v) is 1.85. The molecule has 0 aliphatic rings. The van der Waals surface area contributed by atoms with Gasteiger partial charge in [-0.25, -0.2) is 9.78 Å². The van der Waals surface area contributed by atoms with Crippen LogP contribution in [0, 0.1) is 0 Å². The molecule has 0 saturated carbocycles. The molecule has 1 heterocycles. The molecule has 0 aliphatic carbocycles. The van der Waals surface area contributed by atoms with Gasteiger partial charge in [-0.05, 0) is 24.6 Å². The number of carboxylic acid groups (broad SMARTS) is 1. The second-order valence-corrected chi connectivity index (χ2v) is 4.26. The molecule has 0 saturated heterocycles. The lowest BCUT2D eigenvalue weighted by atomic mass is 10.2. The molecule has 0 spiro atoms. The van der Waals surface area contributed by atoms with Crippen LogP contribution < -0.4 is 4.74 Å². The highest BCUT2D eigenvalue weighted by Gasteiger charge is 2.20. The van der Waals surface area contributed by atoms with E-state index in [9.17, 15) is 13.6 Å². The fraction of sp³-hybridized carbons (Fsp3) is 0.286. The third kappa shape index (κ3) is 3.56. The largest absolute Gasteiger partial charge is 0.475 e. The summed E-state index contributed by atoms with van der Waals surface area (Å²) < 4.78 is 33.9. The van der Waals surface area contributed by atoms with Crippen LogP contribution in [0.2, 0.25) is 0 Å². The molecule has 21 heavy (non-hydrogen) atoms. The summed E-state index contributed by atoms with van der Waals surface area (Å²) >= 11 is 0. The third-order valence-electron chi connectivity index (χ3n) is 2.68. The van der Waals surface area contributed by atoms with Gasteiger partial charge in [-0.15, -0.1) is 0 Å². The van der Waals surface area contributed by atoms with Crippen molar-refractivity contribution in [2.75, 3.05) is 0 Å². The quantitative estimate of drug-likeness (QED) is 0.882. The number of aromatic carboxylic acids is 1. The Morgan fingerprint density at radius 2 is 2.24 bits per heavy atom. The number of benzene rings is 1. The van der Waals surface area contributed by atoms with Crippen LogP contribution in [0.4, 0.5) is 8.78 Å². The van der Waals surface area contributed by atoms with Gasteiger partial charge in [-0.1, -0.05) is 19.4 Å². The first kappa shape index (κ1) is 15.0. The first-order valence-corrected chi connectivity index (χ1v) is 6.29. The maximum atomic E-state index is 12.2. The van der Waals surface area contributed by atoms with Crippen LogP contribution in [0.25, 0.3) is 11.5 Å². The van der Waals surface area contributed by atoms with Crippen molar-refractivity contribution in [1.29, 1.82) is 0 Å². The van der Waals surface area contributed by atoms with Crippen molar-refractivity contribution in [2.45, 2.75) is 26.4 Å². The van der Waals surface area contributed by atoms with Gasteiger partial charge in [0.05, 0.1) is 5.69 Å². The van der Waals surface area contributed by atoms with Gasteiger partial charge in [-0.3, -0.25) is 0 Å². The lowest BCUT2D eigenvalue weighted by molar-refractivity contribution is -0.0498. The SMILES string of the molecule is CCCc1nc(-c2cccc(OC(F)F)c2)oc1C(=O)O. The lowest BCUT2D eigenvalue weighted by Crippen LogP contribution is -2.01. The fourth-order valence-electron chi connectivity index (χ4n) is 1.85. The first-order chi connectivity index (χ1) is 10.0. The third-order valence-corrected chi connectivity index (χ3v) is 2.68. The van der Waals surface area contributed by atoms with E-state index in [0.717, 1.165) is 0 Å². The number of hydrogen-bond donors (Lipinski definition) is 1. The van der Waals surface area contributed by atoms with Gasteiger partial charge >= 0.3 is 12.6 Å². The highest BCUT2D eigenvalue weighted by Crippen LogP contribution is 2.26. The van der Waals surface area contributed by atoms with Crippen molar-refractivity contribution >= 4 is 5.97 Å². The highest BCUT2D eigenvalue weighted by atomic mass is 19.3. The maximum Gasteiger partial charge on any atom is 0.387 e. The Kier molecular flexibility index (Phi) is 4.52. The van der Waals surface area contributed by atoms with Crippen molar-refractivity contribution in [2.24, 2.45) is 0 Å². The van der Waals surface area contributed by atoms with Gasteiger partial charge in [0.2, 0.25) is 11.7 Å². The number of hydrogen-bond acceptors (Lipinski definition) is 4. The van der Waals surface area contributed by atoms with Crippen LogP contribution in [0.1, 0.15) is 29.6 Å². The summed E-state index contributed by atoms with van der Waals surface area (Å²) in [7, 11) is 0. The van der Waals surface area contributed by atoms with E-state index < -0.39 is 12.6 Å². The van der Waals surface area contributed by atoms with Crippen LogP contribution in [0.3, 0.4) is 0 Å². The van der Waals surface area contributed by atoms with Crippen LogP contribution in [0.15, 0.2) is 28.7 Å². The Morgan fingerprint density at radius 3 is 2.86 bits per heavy atom. The Labute approximate surface area is 119 Å². The number of carbonyl (C=O) groups is 1. The first-order valence-electron chi connectivity index (χ1n) is 6.29. The zero-order valence-corrected chi connectivity index (χ0v) is 11.2. The molecule has 0 bridgehead atoms. The summed E-state index contributed by atoms with van der Waals surface area (Å²) in [4.78, 5) is 15.2. The molecule has 5 nitrogen and oxygen atoms in total. The maximum absolute atomic E-state index is 12.2. The van der Waals surface area contributed by atoms with E-state index in [1.807, 2.05) is 6.92 Å². The van der Waals surface area contributed by atoms with Crippen molar-refractivity contribution in [3.8, 4) is 17.2 Å². The monoisotopic (exact) mass is 297 g/mol. The summed E-state index contributed by atoms with van der Waals surface area (Å²) in [6.45, 7) is -1.05. The number of alkyl halides is 2. The van der Waals surface area contributed by atoms with E-state index in [2.05, 4.69) is 9.72 Å². The average molecular weight is 297 g/mol.